The second-order valence-corrected chi connectivity index (χ2v) is 7.69. The predicted molar refractivity (Wildman–Crippen MR) is 118 cm³/mol. The summed E-state index contributed by atoms with van der Waals surface area (Å²) in [4.78, 5) is 26.5. The molecule has 2 aromatic carbocycles. The molecule has 0 bridgehead atoms. The van der Waals surface area contributed by atoms with E-state index in [0.717, 1.165) is 11.6 Å². The first kappa shape index (κ1) is 22.3. The number of nitrogens with zero attached hydrogens (tertiary/aromatic N) is 3. The number of benzene rings is 2. The van der Waals surface area contributed by atoms with Crippen molar-refractivity contribution in [2.45, 2.75) is 19.4 Å². The summed E-state index contributed by atoms with van der Waals surface area (Å²) in [6.45, 7) is 1.20. The molecule has 0 aliphatic carbocycles. The maximum Gasteiger partial charge on any atom is 0.277 e. The van der Waals surface area contributed by atoms with Gasteiger partial charge >= 0.3 is 0 Å². The van der Waals surface area contributed by atoms with Gasteiger partial charge in [-0.3, -0.25) is 19.3 Å². The van der Waals surface area contributed by atoms with E-state index in [2.05, 4.69) is 0 Å². The number of unbranched alkanes of at least 4 members (excludes halogenated alkanes) is 1. The Balaban J connectivity index is 1.43. The number of fused-ring (bicyclic) bond motifs is 1. The van der Waals surface area contributed by atoms with Crippen molar-refractivity contribution in [1.82, 2.24) is 9.58 Å². The largest absolute Gasteiger partial charge is 0.502 e. The summed E-state index contributed by atoms with van der Waals surface area (Å²) in [5.74, 6) is -3.20. The molecule has 1 aliphatic heterocycles. The fourth-order valence-electron chi connectivity index (χ4n) is 3.71. The molecule has 0 unspecified atom stereocenters. The molecule has 9 heteroatoms. The number of aromatic hydroxyl groups is 1. The van der Waals surface area contributed by atoms with Gasteiger partial charge in [0.25, 0.3) is 5.91 Å². The molecule has 4 rings (SSSR count). The molecule has 3 aromatic rings. The lowest BCUT2D eigenvalue weighted by Crippen LogP contribution is -2.53. The first-order chi connectivity index (χ1) is 16.0. The van der Waals surface area contributed by atoms with Crippen LogP contribution in [0.5, 0.6) is 11.5 Å². The van der Waals surface area contributed by atoms with Gasteiger partial charge in [0.15, 0.2) is 23.0 Å². The van der Waals surface area contributed by atoms with Gasteiger partial charge in [-0.15, -0.1) is 0 Å². The summed E-state index contributed by atoms with van der Waals surface area (Å²) >= 11 is 0. The normalized spacial score (nSPS) is 13.2. The topological polar surface area (TPSA) is 75.0 Å². The number of amides is 1. The molecule has 7 nitrogen and oxygen atoms in total. The minimum atomic E-state index is -1.03. The lowest BCUT2D eigenvalue weighted by atomic mass is 10.2. The van der Waals surface area contributed by atoms with Crippen molar-refractivity contribution in [1.29, 1.82) is 0 Å². The second-order valence-electron chi connectivity index (χ2n) is 7.69. The number of hydrogen-bond acceptors (Lipinski definition) is 5. The van der Waals surface area contributed by atoms with E-state index in [-0.39, 0.29) is 24.7 Å². The Hall–Kier alpha value is -3.88. The number of carbonyl (C=O) groups is 1. The van der Waals surface area contributed by atoms with E-state index in [1.165, 1.54) is 29.1 Å². The summed E-state index contributed by atoms with van der Waals surface area (Å²) < 4.78 is 33.8. The van der Waals surface area contributed by atoms with Gasteiger partial charge in [-0.2, -0.15) is 4.39 Å². The Morgan fingerprint density at radius 2 is 1.76 bits per heavy atom. The molecule has 1 aliphatic rings. The van der Waals surface area contributed by atoms with E-state index in [1.54, 1.807) is 4.90 Å². The molecule has 1 N–H and O–H groups in total. The molecule has 1 amide bonds. The van der Waals surface area contributed by atoms with Crippen LogP contribution in [-0.4, -0.2) is 40.4 Å². The molecule has 0 saturated carbocycles. The van der Waals surface area contributed by atoms with Crippen molar-refractivity contribution in [3.63, 3.8) is 0 Å². The lowest BCUT2D eigenvalue weighted by Gasteiger charge is -2.39. The van der Waals surface area contributed by atoms with E-state index in [1.807, 2.05) is 35.3 Å². The van der Waals surface area contributed by atoms with Crippen molar-refractivity contribution in [3.05, 3.63) is 93.9 Å². The Labute approximate surface area is 189 Å². The van der Waals surface area contributed by atoms with Crippen LogP contribution >= 0.6 is 0 Å². The minimum Gasteiger partial charge on any atom is -0.502 e. The summed E-state index contributed by atoms with van der Waals surface area (Å²) in [6, 6.07) is 14.6. The number of rotatable bonds is 8. The second kappa shape index (κ2) is 9.72. The first-order valence-electron chi connectivity index (χ1n) is 10.6. The molecule has 172 valence electrons. The number of carbonyl (C=O) groups excluding carboxylic acids is 1. The van der Waals surface area contributed by atoms with Crippen molar-refractivity contribution in [3.8, 4) is 11.5 Å². The summed E-state index contributed by atoms with van der Waals surface area (Å²) in [6.07, 6.45) is 2.50. The number of hydrogen-bond donors (Lipinski definition) is 1. The average molecular weight is 455 g/mol. The van der Waals surface area contributed by atoms with Gasteiger partial charge in [0, 0.05) is 18.8 Å². The van der Waals surface area contributed by atoms with E-state index < -0.39 is 28.7 Å². The van der Waals surface area contributed by atoms with Crippen LogP contribution in [0.4, 0.5) is 8.78 Å². The molecule has 2 heterocycles. The van der Waals surface area contributed by atoms with Crippen LogP contribution in [0.3, 0.4) is 0 Å². The van der Waals surface area contributed by atoms with Gasteiger partial charge in [-0.25, -0.2) is 4.39 Å². The monoisotopic (exact) mass is 455 g/mol. The van der Waals surface area contributed by atoms with Crippen LogP contribution in [0.2, 0.25) is 0 Å². The number of halogens is 2. The first-order valence-corrected chi connectivity index (χ1v) is 10.6. The van der Waals surface area contributed by atoms with Crippen molar-refractivity contribution < 1.29 is 23.4 Å². The smallest absolute Gasteiger partial charge is 0.277 e. The third-order valence-electron chi connectivity index (χ3n) is 5.39. The molecule has 0 saturated heterocycles. The third kappa shape index (κ3) is 4.82. The minimum absolute atomic E-state index is 0.0808. The fraction of sp³-hybridized carbons (Fsp3) is 0.250. The summed E-state index contributed by atoms with van der Waals surface area (Å²) in [7, 11) is 0. The zero-order valence-electron chi connectivity index (χ0n) is 17.8. The molecule has 0 radical (unpaired) electrons. The van der Waals surface area contributed by atoms with E-state index in [9.17, 15) is 23.5 Å². The van der Waals surface area contributed by atoms with Gasteiger partial charge in [0.1, 0.15) is 6.67 Å². The van der Waals surface area contributed by atoms with Crippen LogP contribution in [0, 0.1) is 11.6 Å². The van der Waals surface area contributed by atoms with Crippen molar-refractivity contribution >= 4 is 5.91 Å². The quantitative estimate of drug-likeness (QED) is 0.528. The van der Waals surface area contributed by atoms with Gasteiger partial charge in [0.2, 0.25) is 11.2 Å². The van der Waals surface area contributed by atoms with Crippen LogP contribution in [0.25, 0.3) is 0 Å². The molecule has 0 atom stereocenters. The molecule has 0 spiro atoms. The van der Waals surface area contributed by atoms with Crippen molar-refractivity contribution in [2.75, 3.05) is 24.8 Å². The van der Waals surface area contributed by atoms with E-state index in [0.29, 0.717) is 25.9 Å². The van der Waals surface area contributed by atoms with Crippen molar-refractivity contribution in [2.24, 2.45) is 0 Å². The molecule has 1 aromatic heterocycles. The highest BCUT2D eigenvalue weighted by Crippen LogP contribution is 2.22. The number of aromatic nitrogens is 1. The third-order valence-corrected chi connectivity index (χ3v) is 5.39. The van der Waals surface area contributed by atoms with Crippen LogP contribution < -0.4 is 15.2 Å². The average Bonchev–Trinajstić information content (AvgIpc) is 2.81. The van der Waals surface area contributed by atoms with Crippen LogP contribution in [0.15, 0.2) is 65.6 Å². The highest BCUT2D eigenvalue weighted by atomic mass is 19.2. The Morgan fingerprint density at radius 1 is 0.970 bits per heavy atom. The SMILES string of the molecule is O=C1c2c(O)c(=O)ccn2N(Cc2ccccc2)CN1CCCCOc1cccc(F)c1F. The predicted octanol–water partition coefficient (Wildman–Crippen LogP) is 3.24. The summed E-state index contributed by atoms with van der Waals surface area (Å²) in [5.41, 5.74) is 0.297. The maximum absolute atomic E-state index is 13.7. The molecular formula is C24H23F2N3O4. The zero-order chi connectivity index (χ0) is 23.4. The fourth-order valence-corrected chi connectivity index (χ4v) is 3.71. The standard InChI is InChI=1S/C24H23F2N3O4/c25-18-9-6-10-20(21(18)26)33-14-5-4-12-27-16-28(15-17-7-2-1-3-8-17)29-13-11-19(30)23(31)22(29)24(27)32/h1-3,6-11,13,31H,4-5,12,14-16H2. The van der Waals surface area contributed by atoms with Gasteiger partial charge in [-0.1, -0.05) is 36.4 Å². The van der Waals surface area contributed by atoms with Gasteiger partial charge in [0.05, 0.1) is 13.2 Å². The van der Waals surface area contributed by atoms with Gasteiger partial charge in [-0.05, 0) is 30.5 Å². The van der Waals surface area contributed by atoms with Gasteiger partial charge < -0.3 is 14.7 Å². The molecule has 33 heavy (non-hydrogen) atoms. The van der Waals surface area contributed by atoms with E-state index >= 15 is 0 Å². The summed E-state index contributed by atoms with van der Waals surface area (Å²) in [5, 5.41) is 12.2. The zero-order valence-corrected chi connectivity index (χ0v) is 17.8. The number of pyridine rings is 1. The van der Waals surface area contributed by atoms with E-state index in [4.69, 9.17) is 4.74 Å². The Bertz CT molecular complexity index is 1200. The van der Waals surface area contributed by atoms with Crippen LogP contribution in [-0.2, 0) is 6.54 Å². The molecule has 0 fully saturated rings. The van der Waals surface area contributed by atoms with Crippen LogP contribution in [0.1, 0.15) is 28.9 Å². The lowest BCUT2D eigenvalue weighted by molar-refractivity contribution is 0.0679. The Kier molecular flexibility index (Phi) is 6.58. The highest BCUT2D eigenvalue weighted by molar-refractivity contribution is 5.96. The Morgan fingerprint density at radius 3 is 2.55 bits per heavy atom. The maximum atomic E-state index is 13.7. The highest BCUT2D eigenvalue weighted by Gasteiger charge is 2.31. The number of ether oxygens (including phenoxy) is 1. The molecular weight excluding hydrogens is 432 g/mol.